The van der Waals surface area contributed by atoms with Crippen molar-refractivity contribution in [1.82, 2.24) is 19.6 Å². The van der Waals surface area contributed by atoms with Crippen LogP contribution < -0.4 is 5.32 Å². The van der Waals surface area contributed by atoms with Crippen LogP contribution in [-0.2, 0) is 11.3 Å². The predicted octanol–water partition coefficient (Wildman–Crippen LogP) is 2.52. The molecule has 1 unspecified atom stereocenters. The van der Waals surface area contributed by atoms with Gasteiger partial charge in [-0.15, -0.1) is 11.3 Å². The summed E-state index contributed by atoms with van der Waals surface area (Å²) in [5.41, 5.74) is 2.56. The highest BCUT2D eigenvalue weighted by atomic mass is 32.1. The molecule has 0 spiro atoms. The molecular weight excluding hydrogens is 327 g/mol. The third-order valence-corrected chi connectivity index (χ3v) is 5.12. The van der Waals surface area contributed by atoms with Gasteiger partial charge in [0, 0.05) is 37.4 Å². The molecule has 1 aromatic carbocycles. The van der Waals surface area contributed by atoms with E-state index in [4.69, 9.17) is 0 Å². The first kappa shape index (κ1) is 15.3. The largest absolute Gasteiger partial charge is 0.353 e. The molecule has 24 heavy (non-hydrogen) atoms. The Kier molecular flexibility index (Phi) is 3.82. The number of nitrogens with zero attached hydrogens (tertiary/aromatic N) is 3. The molecule has 3 heterocycles. The van der Waals surface area contributed by atoms with Crippen LogP contribution in [0.5, 0.6) is 0 Å². The van der Waals surface area contributed by atoms with Crippen LogP contribution in [0.3, 0.4) is 0 Å². The van der Waals surface area contributed by atoms with Gasteiger partial charge in [0.2, 0.25) is 5.91 Å². The van der Waals surface area contributed by atoms with E-state index in [1.54, 1.807) is 17.4 Å². The first-order valence-electron chi connectivity index (χ1n) is 7.81. The molecule has 0 saturated carbocycles. The minimum Gasteiger partial charge on any atom is -0.353 e. The summed E-state index contributed by atoms with van der Waals surface area (Å²) in [6.07, 6.45) is 3.97. The average molecular weight is 344 g/mol. The van der Waals surface area contributed by atoms with Gasteiger partial charge in [-0.1, -0.05) is 6.07 Å². The molecule has 4 rings (SSSR count). The van der Waals surface area contributed by atoms with Crippen LogP contribution in [-0.4, -0.2) is 33.3 Å². The molecule has 1 aliphatic rings. The van der Waals surface area contributed by atoms with Crippen molar-refractivity contribution in [2.45, 2.75) is 19.5 Å². The highest BCUT2D eigenvalue weighted by molar-refractivity contribution is 7.15. The molecule has 0 bridgehead atoms. The van der Waals surface area contributed by atoms with E-state index >= 15 is 0 Å². The summed E-state index contributed by atoms with van der Waals surface area (Å²) < 4.78 is 15.4. The lowest BCUT2D eigenvalue weighted by atomic mass is 9.97. The van der Waals surface area contributed by atoms with E-state index in [1.165, 1.54) is 12.1 Å². The third-order valence-electron chi connectivity index (χ3n) is 4.35. The van der Waals surface area contributed by atoms with Gasteiger partial charge in [-0.05, 0) is 30.2 Å². The van der Waals surface area contributed by atoms with Crippen LogP contribution in [0.4, 0.5) is 4.39 Å². The summed E-state index contributed by atoms with van der Waals surface area (Å²) in [6, 6.07) is 4.18. The number of aryl methyl sites for hydroxylation is 1. The number of carbonyl (C=O) groups is 1. The highest BCUT2D eigenvalue weighted by Gasteiger charge is 2.32. The van der Waals surface area contributed by atoms with Crippen molar-refractivity contribution in [2.24, 2.45) is 0 Å². The molecule has 1 atom stereocenters. The predicted molar refractivity (Wildman–Crippen MR) is 90.4 cm³/mol. The Morgan fingerprint density at radius 1 is 1.46 bits per heavy atom. The van der Waals surface area contributed by atoms with E-state index in [1.807, 2.05) is 29.1 Å². The van der Waals surface area contributed by atoms with Gasteiger partial charge < -0.3 is 5.32 Å². The van der Waals surface area contributed by atoms with Crippen molar-refractivity contribution in [3.63, 3.8) is 0 Å². The van der Waals surface area contributed by atoms with Gasteiger partial charge in [0.25, 0.3) is 0 Å². The number of carbonyl (C=O) groups excluding carboxylic acids is 1. The molecule has 5 nitrogen and oxygen atoms in total. The lowest BCUT2D eigenvalue weighted by Crippen LogP contribution is -2.49. The summed E-state index contributed by atoms with van der Waals surface area (Å²) in [5, 5.41) is 4.90. The summed E-state index contributed by atoms with van der Waals surface area (Å²) in [7, 11) is 0. The molecular formula is C17H17FN4OS. The van der Waals surface area contributed by atoms with Gasteiger partial charge in [-0.25, -0.2) is 9.37 Å². The molecule has 1 fully saturated rings. The van der Waals surface area contributed by atoms with Crippen molar-refractivity contribution in [2.75, 3.05) is 13.1 Å². The second-order valence-electron chi connectivity index (χ2n) is 5.99. The van der Waals surface area contributed by atoms with Crippen molar-refractivity contribution in [1.29, 1.82) is 0 Å². The summed E-state index contributed by atoms with van der Waals surface area (Å²) >= 11 is 1.58. The average Bonchev–Trinajstić information content (AvgIpc) is 3.10. The molecule has 7 heteroatoms. The third kappa shape index (κ3) is 2.70. The second-order valence-corrected chi connectivity index (χ2v) is 6.86. The molecule has 124 valence electrons. The number of fused-ring (bicyclic) bond motifs is 1. The Morgan fingerprint density at radius 3 is 3.12 bits per heavy atom. The molecule has 1 saturated heterocycles. The standard InChI is InChI=1S/C17H17FN4OS/c1-11-8-12(18)2-3-14(11)15-16(23)19-4-5-21(15)9-13-10-22-6-7-24-17(22)20-13/h2-3,6-8,10,15H,4-5,9H2,1H3,(H,19,23). The van der Waals surface area contributed by atoms with E-state index < -0.39 is 6.04 Å². The number of aromatic nitrogens is 2. The lowest BCUT2D eigenvalue weighted by Gasteiger charge is -2.35. The van der Waals surface area contributed by atoms with Crippen LogP contribution in [0, 0.1) is 12.7 Å². The quantitative estimate of drug-likeness (QED) is 0.794. The minimum absolute atomic E-state index is 0.0445. The first-order valence-corrected chi connectivity index (χ1v) is 8.68. The number of rotatable bonds is 3. The number of benzene rings is 1. The Morgan fingerprint density at radius 2 is 2.33 bits per heavy atom. The van der Waals surface area contributed by atoms with Crippen molar-refractivity contribution in [3.8, 4) is 0 Å². The number of hydrogen-bond acceptors (Lipinski definition) is 4. The van der Waals surface area contributed by atoms with Gasteiger partial charge in [0.15, 0.2) is 4.96 Å². The molecule has 1 aliphatic heterocycles. The van der Waals surface area contributed by atoms with E-state index in [-0.39, 0.29) is 11.7 Å². The van der Waals surface area contributed by atoms with Crippen LogP contribution in [0.25, 0.3) is 4.96 Å². The maximum atomic E-state index is 13.4. The van der Waals surface area contributed by atoms with E-state index in [0.29, 0.717) is 13.1 Å². The van der Waals surface area contributed by atoms with Gasteiger partial charge in [-0.2, -0.15) is 0 Å². The van der Waals surface area contributed by atoms with Crippen LogP contribution in [0.15, 0.2) is 36.0 Å². The smallest absolute Gasteiger partial charge is 0.242 e. The van der Waals surface area contributed by atoms with Crippen molar-refractivity contribution < 1.29 is 9.18 Å². The van der Waals surface area contributed by atoms with Gasteiger partial charge in [0.1, 0.15) is 11.9 Å². The van der Waals surface area contributed by atoms with Crippen LogP contribution in [0.1, 0.15) is 22.9 Å². The van der Waals surface area contributed by atoms with Crippen LogP contribution >= 0.6 is 11.3 Å². The second kappa shape index (κ2) is 5.99. The van der Waals surface area contributed by atoms with Gasteiger partial charge in [-0.3, -0.25) is 14.1 Å². The van der Waals surface area contributed by atoms with Crippen LogP contribution in [0.2, 0.25) is 0 Å². The SMILES string of the molecule is Cc1cc(F)ccc1C1C(=O)NCCN1Cc1cn2ccsc2n1. The maximum absolute atomic E-state index is 13.4. The van der Waals surface area contributed by atoms with Crippen molar-refractivity contribution >= 4 is 22.2 Å². The topological polar surface area (TPSA) is 49.6 Å². The van der Waals surface area contributed by atoms with E-state index in [9.17, 15) is 9.18 Å². The van der Waals surface area contributed by atoms with E-state index in [0.717, 1.165) is 28.3 Å². The Balaban J connectivity index is 1.66. The number of piperazine rings is 1. The number of hydrogen-bond donors (Lipinski definition) is 1. The molecule has 3 aromatic rings. The Hall–Kier alpha value is -2.25. The normalized spacial score (nSPS) is 18.9. The molecule has 0 aliphatic carbocycles. The monoisotopic (exact) mass is 344 g/mol. The van der Waals surface area contributed by atoms with Crippen molar-refractivity contribution in [3.05, 3.63) is 58.6 Å². The zero-order valence-electron chi connectivity index (χ0n) is 13.2. The highest BCUT2D eigenvalue weighted by Crippen LogP contribution is 2.28. The Bertz CT molecular complexity index is 875. The molecule has 1 amide bonds. The number of nitrogens with one attached hydrogen (secondary N) is 1. The fourth-order valence-electron chi connectivity index (χ4n) is 3.23. The Labute approximate surface area is 142 Å². The number of imidazole rings is 1. The summed E-state index contributed by atoms with van der Waals surface area (Å²) in [6.45, 7) is 3.77. The number of amides is 1. The minimum atomic E-state index is -0.418. The molecule has 1 N–H and O–H groups in total. The van der Waals surface area contributed by atoms with Gasteiger partial charge in [0.05, 0.1) is 5.69 Å². The summed E-state index contributed by atoms with van der Waals surface area (Å²) in [5.74, 6) is -0.328. The summed E-state index contributed by atoms with van der Waals surface area (Å²) in [4.78, 5) is 20.1. The fourth-order valence-corrected chi connectivity index (χ4v) is 3.95. The molecule has 0 radical (unpaired) electrons. The zero-order valence-corrected chi connectivity index (χ0v) is 14.0. The first-order chi connectivity index (χ1) is 11.6. The number of halogens is 1. The maximum Gasteiger partial charge on any atom is 0.242 e. The van der Waals surface area contributed by atoms with Gasteiger partial charge >= 0.3 is 0 Å². The van der Waals surface area contributed by atoms with E-state index in [2.05, 4.69) is 15.2 Å². The zero-order chi connectivity index (χ0) is 16.7. The fraction of sp³-hybridized carbons (Fsp3) is 0.294. The molecule has 2 aromatic heterocycles. The number of thiazole rings is 1. The lowest BCUT2D eigenvalue weighted by molar-refractivity contribution is -0.129.